The molecule has 7 heteroatoms. The van der Waals surface area contributed by atoms with Crippen molar-refractivity contribution >= 4 is 23.9 Å². The van der Waals surface area contributed by atoms with Gasteiger partial charge in [-0.05, 0) is 18.2 Å². The molecule has 0 bridgehead atoms. The van der Waals surface area contributed by atoms with Crippen LogP contribution in [0, 0.1) is 0 Å². The predicted octanol–water partition coefficient (Wildman–Crippen LogP) is 1.42. The van der Waals surface area contributed by atoms with Gasteiger partial charge in [0.25, 0.3) is 5.91 Å². The number of amides is 1. The Morgan fingerprint density at radius 2 is 2.05 bits per heavy atom. The van der Waals surface area contributed by atoms with Gasteiger partial charge in [-0.1, -0.05) is 23.9 Å². The van der Waals surface area contributed by atoms with E-state index in [4.69, 9.17) is 0 Å². The monoisotopic (exact) mass is 288 g/mol. The topological polar surface area (TPSA) is 87.5 Å². The molecule has 0 radical (unpaired) electrons. The van der Waals surface area contributed by atoms with Crippen LogP contribution in [0.4, 0.5) is 0 Å². The highest BCUT2D eigenvalue weighted by Gasteiger charge is 2.03. The molecular weight excluding hydrogens is 276 g/mol. The van der Waals surface area contributed by atoms with Crippen LogP contribution in [-0.2, 0) is 4.79 Å². The summed E-state index contributed by atoms with van der Waals surface area (Å²) in [7, 11) is 0. The van der Waals surface area contributed by atoms with Crippen molar-refractivity contribution in [3.05, 3.63) is 48.3 Å². The summed E-state index contributed by atoms with van der Waals surface area (Å²) in [6.07, 6.45) is 4.62. The number of hydrogen-bond donors (Lipinski definition) is 2. The quantitative estimate of drug-likeness (QED) is 0.376. The molecule has 20 heavy (non-hydrogen) atoms. The Hall–Kier alpha value is -2.41. The lowest BCUT2D eigenvalue weighted by atomic mass is 10.2. The molecule has 0 spiro atoms. The second kappa shape index (κ2) is 7.25. The number of benzene rings is 1. The summed E-state index contributed by atoms with van der Waals surface area (Å²) in [6.45, 7) is 0. The molecular formula is C13H12N4O2S. The molecule has 0 saturated carbocycles. The molecule has 102 valence electrons. The molecule has 2 rings (SSSR count). The molecule has 0 fully saturated rings. The van der Waals surface area contributed by atoms with Crippen molar-refractivity contribution in [1.29, 1.82) is 0 Å². The highest BCUT2D eigenvalue weighted by molar-refractivity contribution is 7.99. The average Bonchev–Trinajstić information content (AvgIpc) is 2.48. The number of nitrogens with zero attached hydrogens (tertiary/aromatic N) is 3. The first-order valence-corrected chi connectivity index (χ1v) is 6.74. The van der Waals surface area contributed by atoms with Crippen molar-refractivity contribution in [1.82, 2.24) is 15.4 Å². The van der Waals surface area contributed by atoms with Gasteiger partial charge in [0.15, 0.2) is 5.16 Å². The first kappa shape index (κ1) is 14.0. The Balaban J connectivity index is 1.79. The minimum absolute atomic E-state index is 0.109. The molecule has 0 aliphatic rings. The molecule has 0 aliphatic carbocycles. The molecule has 0 aliphatic heterocycles. The fraction of sp³-hybridized carbons (Fsp3) is 0.0769. The fourth-order valence-electron chi connectivity index (χ4n) is 1.29. The highest BCUT2D eigenvalue weighted by Crippen LogP contribution is 2.12. The van der Waals surface area contributed by atoms with E-state index in [2.05, 4.69) is 20.5 Å². The SMILES string of the molecule is O=C(CSc1ncccn1)N/N=C/c1ccccc1O. The molecule has 2 aromatic rings. The van der Waals surface area contributed by atoms with Crippen LogP contribution in [0.3, 0.4) is 0 Å². The molecule has 0 atom stereocenters. The Kier molecular flexibility index (Phi) is 5.08. The largest absolute Gasteiger partial charge is 0.507 e. The Morgan fingerprint density at radius 1 is 1.30 bits per heavy atom. The lowest BCUT2D eigenvalue weighted by Crippen LogP contribution is -2.19. The molecule has 1 heterocycles. The zero-order chi connectivity index (χ0) is 14.2. The minimum Gasteiger partial charge on any atom is -0.507 e. The number of hydrogen-bond acceptors (Lipinski definition) is 6. The lowest BCUT2D eigenvalue weighted by Gasteiger charge is -1.99. The summed E-state index contributed by atoms with van der Waals surface area (Å²) >= 11 is 1.22. The van der Waals surface area contributed by atoms with Crippen molar-refractivity contribution in [2.75, 3.05) is 5.75 Å². The van der Waals surface area contributed by atoms with Gasteiger partial charge in [0.2, 0.25) is 0 Å². The van der Waals surface area contributed by atoms with E-state index in [1.165, 1.54) is 18.0 Å². The normalized spacial score (nSPS) is 10.6. The van der Waals surface area contributed by atoms with Crippen LogP contribution in [0.15, 0.2) is 53.0 Å². The van der Waals surface area contributed by atoms with E-state index in [9.17, 15) is 9.90 Å². The number of thioether (sulfide) groups is 1. The van der Waals surface area contributed by atoms with E-state index in [-0.39, 0.29) is 17.4 Å². The highest BCUT2D eigenvalue weighted by atomic mass is 32.2. The summed E-state index contributed by atoms with van der Waals surface area (Å²) in [5, 5.41) is 13.8. The number of phenols is 1. The minimum atomic E-state index is -0.269. The number of hydrazone groups is 1. The van der Waals surface area contributed by atoms with E-state index in [0.29, 0.717) is 10.7 Å². The standard InChI is InChI=1S/C13H12N4O2S/c18-11-5-2-1-4-10(11)8-16-17-12(19)9-20-13-14-6-3-7-15-13/h1-8,18H,9H2,(H,17,19)/b16-8+. The van der Waals surface area contributed by atoms with Gasteiger partial charge in [0, 0.05) is 18.0 Å². The van der Waals surface area contributed by atoms with Crippen LogP contribution in [-0.4, -0.2) is 32.9 Å². The fourth-order valence-corrected chi connectivity index (χ4v) is 1.89. The Bertz CT molecular complexity index is 604. The number of aromatic hydroxyl groups is 1. The Morgan fingerprint density at radius 3 is 2.80 bits per heavy atom. The number of aromatic nitrogens is 2. The first-order valence-electron chi connectivity index (χ1n) is 5.75. The smallest absolute Gasteiger partial charge is 0.250 e. The van der Waals surface area contributed by atoms with Crippen LogP contribution < -0.4 is 5.43 Å². The maximum Gasteiger partial charge on any atom is 0.250 e. The third-order valence-electron chi connectivity index (χ3n) is 2.20. The maximum atomic E-state index is 11.5. The predicted molar refractivity (Wildman–Crippen MR) is 76.6 cm³/mol. The second-order valence-electron chi connectivity index (χ2n) is 3.67. The lowest BCUT2D eigenvalue weighted by molar-refractivity contribution is -0.118. The van der Waals surface area contributed by atoms with E-state index >= 15 is 0 Å². The van der Waals surface area contributed by atoms with Crippen LogP contribution in [0.2, 0.25) is 0 Å². The van der Waals surface area contributed by atoms with Crippen LogP contribution in [0.5, 0.6) is 5.75 Å². The molecule has 1 aromatic heterocycles. The summed E-state index contributed by atoms with van der Waals surface area (Å²) in [6, 6.07) is 8.43. The van der Waals surface area contributed by atoms with Crippen LogP contribution in [0.25, 0.3) is 0 Å². The summed E-state index contributed by atoms with van der Waals surface area (Å²) in [4.78, 5) is 19.5. The third-order valence-corrected chi connectivity index (χ3v) is 3.08. The first-order chi connectivity index (χ1) is 9.75. The van der Waals surface area contributed by atoms with Gasteiger partial charge in [0.1, 0.15) is 5.75 Å². The van der Waals surface area contributed by atoms with Crippen LogP contribution >= 0.6 is 11.8 Å². The molecule has 6 nitrogen and oxygen atoms in total. The van der Waals surface area contributed by atoms with Crippen molar-refractivity contribution in [3.63, 3.8) is 0 Å². The van der Waals surface area contributed by atoms with E-state index < -0.39 is 0 Å². The molecule has 1 aromatic carbocycles. The molecule has 0 unspecified atom stereocenters. The summed E-state index contributed by atoms with van der Waals surface area (Å²) in [5.74, 6) is 0.00830. The van der Waals surface area contributed by atoms with Gasteiger partial charge in [-0.3, -0.25) is 4.79 Å². The number of rotatable bonds is 5. The van der Waals surface area contributed by atoms with E-state index in [1.807, 2.05) is 0 Å². The third kappa shape index (κ3) is 4.36. The Labute approximate surface area is 120 Å². The average molecular weight is 288 g/mol. The maximum absolute atomic E-state index is 11.5. The number of phenolic OH excluding ortho intramolecular Hbond substituents is 1. The number of para-hydroxylation sites is 1. The van der Waals surface area contributed by atoms with Gasteiger partial charge in [-0.2, -0.15) is 5.10 Å². The van der Waals surface area contributed by atoms with Gasteiger partial charge >= 0.3 is 0 Å². The van der Waals surface area contributed by atoms with Crippen molar-refractivity contribution in [2.45, 2.75) is 5.16 Å². The summed E-state index contributed by atoms with van der Waals surface area (Å²) < 4.78 is 0. The second-order valence-corrected chi connectivity index (χ2v) is 4.61. The van der Waals surface area contributed by atoms with E-state index in [1.54, 1.807) is 42.7 Å². The number of nitrogens with one attached hydrogen (secondary N) is 1. The number of carbonyl (C=O) groups excluding carboxylic acids is 1. The van der Waals surface area contributed by atoms with E-state index in [0.717, 1.165) is 0 Å². The van der Waals surface area contributed by atoms with Gasteiger partial charge in [0.05, 0.1) is 12.0 Å². The molecule has 0 saturated heterocycles. The van der Waals surface area contributed by atoms with Crippen molar-refractivity contribution in [3.8, 4) is 5.75 Å². The van der Waals surface area contributed by atoms with Crippen molar-refractivity contribution in [2.24, 2.45) is 5.10 Å². The van der Waals surface area contributed by atoms with Gasteiger partial charge in [-0.15, -0.1) is 0 Å². The molecule has 1 amide bonds. The van der Waals surface area contributed by atoms with Crippen molar-refractivity contribution < 1.29 is 9.90 Å². The summed E-state index contributed by atoms with van der Waals surface area (Å²) in [5.41, 5.74) is 2.91. The van der Waals surface area contributed by atoms with Gasteiger partial charge in [-0.25, -0.2) is 15.4 Å². The zero-order valence-corrected chi connectivity index (χ0v) is 11.2. The van der Waals surface area contributed by atoms with Crippen LogP contribution in [0.1, 0.15) is 5.56 Å². The zero-order valence-electron chi connectivity index (χ0n) is 10.4. The number of carbonyl (C=O) groups is 1. The molecule has 2 N–H and O–H groups in total. The van der Waals surface area contributed by atoms with Gasteiger partial charge < -0.3 is 5.11 Å².